The van der Waals surface area contributed by atoms with Crippen molar-refractivity contribution in [2.45, 2.75) is 25.9 Å². The molecule has 0 bridgehead atoms. The van der Waals surface area contributed by atoms with Crippen molar-refractivity contribution >= 4 is 5.91 Å². The number of halogens is 1. The third-order valence-electron chi connectivity index (χ3n) is 4.78. The zero-order valence-corrected chi connectivity index (χ0v) is 14.2. The van der Waals surface area contributed by atoms with Gasteiger partial charge in [-0.1, -0.05) is 12.1 Å². The lowest BCUT2D eigenvalue weighted by Crippen LogP contribution is -2.41. The van der Waals surface area contributed by atoms with E-state index in [0.717, 1.165) is 18.4 Å². The molecule has 0 radical (unpaired) electrons. The van der Waals surface area contributed by atoms with E-state index in [4.69, 9.17) is 4.74 Å². The summed E-state index contributed by atoms with van der Waals surface area (Å²) in [4.78, 5) is 26.4. The van der Waals surface area contributed by atoms with Crippen molar-refractivity contribution in [1.29, 1.82) is 0 Å². The SMILES string of the molecule is O=C1c2c(O)c(=O)cc(OCC3CC3)n2CCN1Cc1ccc(F)cc1. The normalized spacial score (nSPS) is 16.5. The highest BCUT2D eigenvalue weighted by molar-refractivity contribution is 5.96. The number of aromatic nitrogens is 1. The number of amides is 1. The minimum atomic E-state index is -0.626. The summed E-state index contributed by atoms with van der Waals surface area (Å²) in [6.45, 7) is 1.61. The number of carbonyl (C=O) groups is 1. The van der Waals surface area contributed by atoms with Crippen LogP contribution < -0.4 is 10.2 Å². The molecule has 0 atom stereocenters. The standard InChI is InChI=1S/C19H19FN2O4/c20-14-5-3-12(4-6-14)10-21-7-8-22-16(26-11-13-1-2-13)9-15(23)18(24)17(22)19(21)25/h3-6,9,13,24H,1-2,7-8,10-11H2. The maximum atomic E-state index is 13.0. The highest BCUT2D eigenvalue weighted by Crippen LogP contribution is 2.31. The van der Waals surface area contributed by atoms with Gasteiger partial charge in [0.25, 0.3) is 5.91 Å². The van der Waals surface area contributed by atoms with Gasteiger partial charge in [0, 0.05) is 25.7 Å². The number of pyridine rings is 1. The second kappa shape index (κ2) is 6.48. The van der Waals surface area contributed by atoms with Crippen LogP contribution in [0.1, 0.15) is 28.9 Å². The van der Waals surface area contributed by atoms with Gasteiger partial charge < -0.3 is 19.3 Å². The summed E-state index contributed by atoms with van der Waals surface area (Å²) in [6.07, 6.45) is 2.22. The molecule has 1 aromatic heterocycles. The molecule has 2 aromatic rings. The number of hydrogen-bond donors (Lipinski definition) is 1. The number of benzene rings is 1. The second-order valence-electron chi connectivity index (χ2n) is 6.80. The molecule has 1 fully saturated rings. The lowest BCUT2D eigenvalue weighted by atomic mass is 10.1. The molecule has 0 spiro atoms. The largest absolute Gasteiger partial charge is 0.503 e. The number of ether oxygens (including phenoxy) is 1. The molecule has 4 rings (SSSR count). The summed E-state index contributed by atoms with van der Waals surface area (Å²) >= 11 is 0. The molecule has 0 saturated heterocycles. The summed E-state index contributed by atoms with van der Waals surface area (Å²) in [7, 11) is 0. The second-order valence-corrected chi connectivity index (χ2v) is 6.80. The summed E-state index contributed by atoms with van der Waals surface area (Å²) in [5.41, 5.74) is 0.104. The Morgan fingerprint density at radius 3 is 2.58 bits per heavy atom. The Labute approximate surface area is 149 Å². The van der Waals surface area contributed by atoms with Gasteiger partial charge in [-0.2, -0.15) is 0 Å². The fraction of sp³-hybridized carbons (Fsp3) is 0.368. The van der Waals surface area contributed by atoms with Gasteiger partial charge in [-0.25, -0.2) is 4.39 Å². The van der Waals surface area contributed by atoms with Crippen LogP contribution in [0.5, 0.6) is 11.6 Å². The van der Waals surface area contributed by atoms with Crippen LogP contribution in [0.25, 0.3) is 0 Å². The van der Waals surface area contributed by atoms with Crippen molar-refractivity contribution < 1.29 is 19.0 Å². The van der Waals surface area contributed by atoms with Crippen LogP contribution in [-0.4, -0.2) is 33.6 Å². The first-order valence-corrected chi connectivity index (χ1v) is 8.66. The molecule has 26 heavy (non-hydrogen) atoms. The van der Waals surface area contributed by atoms with Crippen LogP contribution in [0.2, 0.25) is 0 Å². The maximum Gasteiger partial charge on any atom is 0.274 e. The number of carbonyl (C=O) groups excluding carboxylic acids is 1. The molecular weight excluding hydrogens is 339 g/mol. The summed E-state index contributed by atoms with van der Waals surface area (Å²) in [5.74, 6) is -0.510. The van der Waals surface area contributed by atoms with Gasteiger partial charge in [-0.3, -0.25) is 9.59 Å². The molecule has 1 saturated carbocycles. The summed E-state index contributed by atoms with van der Waals surface area (Å²) < 4.78 is 20.3. The number of fused-ring (bicyclic) bond motifs is 1. The van der Waals surface area contributed by atoms with Crippen LogP contribution in [0.3, 0.4) is 0 Å². The number of aromatic hydroxyl groups is 1. The maximum absolute atomic E-state index is 13.0. The monoisotopic (exact) mass is 358 g/mol. The zero-order chi connectivity index (χ0) is 18.3. The van der Waals surface area contributed by atoms with Crippen molar-refractivity contribution in [3.63, 3.8) is 0 Å². The van der Waals surface area contributed by atoms with Crippen molar-refractivity contribution in [3.05, 3.63) is 57.6 Å². The molecule has 0 unspecified atom stereocenters. The minimum Gasteiger partial charge on any atom is -0.503 e. The van der Waals surface area contributed by atoms with Gasteiger partial charge in [0.1, 0.15) is 5.82 Å². The average molecular weight is 358 g/mol. The van der Waals surface area contributed by atoms with Crippen LogP contribution in [-0.2, 0) is 13.1 Å². The third-order valence-corrected chi connectivity index (χ3v) is 4.78. The molecule has 6 nitrogen and oxygen atoms in total. The van der Waals surface area contributed by atoms with E-state index in [0.29, 0.717) is 31.5 Å². The Morgan fingerprint density at radius 2 is 1.88 bits per heavy atom. The van der Waals surface area contributed by atoms with Gasteiger partial charge in [0.15, 0.2) is 17.3 Å². The highest BCUT2D eigenvalue weighted by Gasteiger charge is 2.31. The van der Waals surface area contributed by atoms with Gasteiger partial charge in [-0.15, -0.1) is 0 Å². The van der Waals surface area contributed by atoms with E-state index in [1.165, 1.54) is 23.1 Å². The van der Waals surface area contributed by atoms with E-state index in [9.17, 15) is 19.1 Å². The lowest BCUT2D eigenvalue weighted by molar-refractivity contribution is 0.0674. The van der Waals surface area contributed by atoms with E-state index >= 15 is 0 Å². The van der Waals surface area contributed by atoms with Gasteiger partial charge in [0.2, 0.25) is 5.43 Å². The number of nitrogens with zero attached hydrogens (tertiary/aromatic N) is 2. The Kier molecular flexibility index (Phi) is 4.14. The number of hydrogen-bond acceptors (Lipinski definition) is 4. The van der Waals surface area contributed by atoms with E-state index < -0.39 is 17.1 Å². The molecule has 2 heterocycles. The molecule has 136 valence electrons. The summed E-state index contributed by atoms with van der Waals surface area (Å²) in [5, 5.41) is 10.2. The van der Waals surface area contributed by atoms with Gasteiger partial charge in [0.05, 0.1) is 6.61 Å². The molecule has 1 aliphatic carbocycles. The third kappa shape index (κ3) is 3.16. The lowest BCUT2D eigenvalue weighted by Gasteiger charge is -2.31. The molecule has 7 heteroatoms. The molecule has 1 N–H and O–H groups in total. The Hall–Kier alpha value is -2.83. The first kappa shape index (κ1) is 16.6. The molecule has 1 aromatic carbocycles. The Balaban J connectivity index is 1.62. The number of rotatable bonds is 5. The van der Waals surface area contributed by atoms with Crippen molar-refractivity contribution in [2.24, 2.45) is 5.92 Å². The van der Waals surface area contributed by atoms with Crippen molar-refractivity contribution in [2.75, 3.05) is 13.2 Å². The van der Waals surface area contributed by atoms with Crippen LogP contribution in [0.15, 0.2) is 35.1 Å². The zero-order valence-electron chi connectivity index (χ0n) is 14.2. The fourth-order valence-corrected chi connectivity index (χ4v) is 3.09. The Morgan fingerprint density at radius 1 is 1.15 bits per heavy atom. The van der Waals surface area contributed by atoms with E-state index in [2.05, 4.69) is 0 Å². The van der Waals surface area contributed by atoms with Crippen LogP contribution in [0.4, 0.5) is 4.39 Å². The first-order chi connectivity index (χ1) is 12.5. The van der Waals surface area contributed by atoms with Crippen molar-refractivity contribution in [3.8, 4) is 11.6 Å². The van der Waals surface area contributed by atoms with E-state index in [-0.39, 0.29) is 18.1 Å². The molecule has 2 aliphatic rings. The predicted octanol–water partition coefficient (Wildman–Crippen LogP) is 2.14. The fourth-order valence-electron chi connectivity index (χ4n) is 3.09. The molecule has 1 aliphatic heterocycles. The topological polar surface area (TPSA) is 71.8 Å². The highest BCUT2D eigenvalue weighted by atomic mass is 19.1. The minimum absolute atomic E-state index is 0.0448. The quantitative estimate of drug-likeness (QED) is 0.889. The smallest absolute Gasteiger partial charge is 0.274 e. The summed E-state index contributed by atoms with van der Waals surface area (Å²) in [6, 6.07) is 7.13. The van der Waals surface area contributed by atoms with Crippen molar-refractivity contribution in [1.82, 2.24) is 9.47 Å². The first-order valence-electron chi connectivity index (χ1n) is 8.66. The van der Waals surface area contributed by atoms with Gasteiger partial charge >= 0.3 is 0 Å². The van der Waals surface area contributed by atoms with E-state index in [1.54, 1.807) is 16.7 Å². The predicted molar refractivity (Wildman–Crippen MR) is 91.7 cm³/mol. The van der Waals surface area contributed by atoms with E-state index in [1.807, 2.05) is 0 Å². The average Bonchev–Trinajstić information content (AvgIpc) is 3.45. The van der Waals surface area contributed by atoms with Crippen LogP contribution >= 0.6 is 0 Å². The Bertz CT molecular complexity index is 903. The molecular formula is C19H19FN2O4. The van der Waals surface area contributed by atoms with Crippen LogP contribution in [0, 0.1) is 11.7 Å². The molecule has 1 amide bonds. The van der Waals surface area contributed by atoms with Gasteiger partial charge in [-0.05, 0) is 36.5 Å².